The van der Waals surface area contributed by atoms with E-state index in [4.69, 9.17) is 5.11 Å². The number of hydrogen-bond acceptors (Lipinski definition) is 2. The molecular formula is C10H18NO3+. The van der Waals surface area contributed by atoms with E-state index >= 15 is 0 Å². The van der Waals surface area contributed by atoms with Gasteiger partial charge in [-0.1, -0.05) is 0 Å². The molecule has 0 aliphatic carbocycles. The van der Waals surface area contributed by atoms with Crippen LogP contribution in [0, 0.1) is 10.8 Å². The highest BCUT2D eigenvalue weighted by Gasteiger charge is 2.58. The predicted octanol–water partition coefficient (Wildman–Crippen LogP) is 1.82. The van der Waals surface area contributed by atoms with Gasteiger partial charge in [-0.05, 0) is 6.42 Å². The molecule has 0 saturated carbocycles. The zero-order chi connectivity index (χ0) is 11.1. The van der Waals surface area contributed by atoms with Crippen LogP contribution >= 0.6 is 0 Å². The molecule has 1 heterocycles. The normalized spacial score (nSPS) is 30.0. The molecule has 0 amide bonds. The monoisotopic (exact) mass is 200 g/mol. The third-order valence-electron chi connectivity index (χ3n) is 3.27. The summed E-state index contributed by atoms with van der Waals surface area (Å²) >= 11 is 0. The van der Waals surface area contributed by atoms with Crippen LogP contribution in [0.2, 0.25) is 0 Å². The van der Waals surface area contributed by atoms with Crippen LogP contribution in [0.5, 0.6) is 0 Å². The van der Waals surface area contributed by atoms with Gasteiger partial charge in [0.2, 0.25) is 11.1 Å². The molecule has 0 aromatic rings. The maximum atomic E-state index is 11.9. The first-order valence-electron chi connectivity index (χ1n) is 4.90. The van der Waals surface area contributed by atoms with Gasteiger partial charge in [0, 0.05) is 43.8 Å². The largest absolute Gasteiger partial charge is 0.481 e. The molecular weight excluding hydrogens is 182 g/mol. The van der Waals surface area contributed by atoms with Crippen LogP contribution in [0.3, 0.4) is 0 Å². The van der Waals surface area contributed by atoms with Crippen molar-refractivity contribution < 1.29 is 14.7 Å². The molecule has 1 aliphatic heterocycles. The first-order valence-corrected chi connectivity index (χ1v) is 4.90. The van der Waals surface area contributed by atoms with Crippen LogP contribution in [0.1, 0.15) is 40.5 Å². The topological polar surface area (TPSA) is 57.4 Å². The Hall–Kier alpha value is -0.930. The first-order chi connectivity index (χ1) is 6.19. The fourth-order valence-corrected chi connectivity index (χ4v) is 2.30. The second-order valence-corrected chi connectivity index (χ2v) is 5.19. The summed E-state index contributed by atoms with van der Waals surface area (Å²) in [6, 6.07) is 0. The molecule has 0 aromatic carbocycles. The molecule has 1 unspecified atom stereocenters. The van der Waals surface area contributed by atoms with Gasteiger partial charge in [-0.3, -0.25) is 4.79 Å². The van der Waals surface area contributed by atoms with Crippen molar-refractivity contribution in [1.29, 1.82) is 0 Å². The van der Waals surface area contributed by atoms with Gasteiger partial charge in [-0.15, -0.1) is 0 Å². The van der Waals surface area contributed by atoms with E-state index in [1.807, 2.05) is 13.8 Å². The summed E-state index contributed by atoms with van der Waals surface area (Å²) in [6.07, 6.45) is 1.21. The van der Waals surface area contributed by atoms with E-state index in [1.54, 1.807) is 13.8 Å². The van der Waals surface area contributed by atoms with Gasteiger partial charge in [-0.25, -0.2) is 0 Å². The Kier molecular flexibility index (Phi) is 2.42. The van der Waals surface area contributed by atoms with Crippen molar-refractivity contribution in [2.75, 3.05) is 0 Å². The Labute approximate surface area is 83.9 Å². The van der Waals surface area contributed by atoms with E-state index in [0.717, 1.165) is 4.76 Å². The Morgan fingerprint density at radius 2 is 1.86 bits per heavy atom. The molecule has 1 aliphatic rings. The fourth-order valence-electron chi connectivity index (χ4n) is 2.30. The van der Waals surface area contributed by atoms with Crippen molar-refractivity contribution in [2.24, 2.45) is 5.92 Å². The third kappa shape index (κ3) is 1.53. The van der Waals surface area contributed by atoms with E-state index in [-0.39, 0.29) is 0 Å². The van der Waals surface area contributed by atoms with Gasteiger partial charge in [0.25, 0.3) is 0 Å². The lowest BCUT2D eigenvalue weighted by Crippen LogP contribution is -2.57. The Bertz CT molecular complexity index is 281. The molecule has 0 spiro atoms. The van der Waals surface area contributed by atoms with Gasteiger partial charge >= 0.3 is 5.97 Å². The predicted molar refractivity (Wildman–Crippen MR) is 52.1 cm³/mol. The van der Waals surface area contributed by atoms with E-state index in [2.05, 4.69) is 0 Å². The van der Waals surface area contributed by atoms with Gasteiger partial charge in [0.1, 0.15) is 5.92 Å². The minimum atomic E-state index is -0.869. The average Bonchev–Trinajstić information content (AvgIpc) is 1.99. The lowest BCUT2D eigenvalue weighted by Gasteiger charge is -2.35. The van der Waals surface area contributed by atoms with Gasteiger partial charge in [-0.2, -0.15) is 0 Å². The number of nitrogens with zero attached hydrogens (tertiary/aromatic N) is 1. The van der Waals surface area contributed by atoms with Gasteiger partial charge < -0.3 is 5.11 Å². The molecule has 14 heavy (non-hydrogen) atoms. The quantitative estimate of drug-likeness (QED) is 0.657. The summed E-state index contributed by atoms with van der Waals surface area (Å²) in [5.41, 5.74) is -1.26. The third-order valence-corrected chi connectivity index (χ3v) is 3.27. The minimum Gasteiger partial charge on any atom is -0.481 e. The summed E-state index contributed by atoms with van der Waals surface area (Å²) in [5.74, 6) is -1.43. The number of piperidine rings is 1. The van der Waals surface area contributed by atoms with Crippen LogP contribution in [0.4, 0.5) is 0 Å². The van der Waals surface area contributed by atoms with Crippen LogP contribution in [-0.2, 0) is 4.79 Å². The maximum absolute atomic E-state index is 11.9. The molecule has 4 heteroatoms. The Morgan fingerprint density at radius 1 is 1.36 bits per heavy atom. The highest BCUT2D eigenvalue weighted by molar-refractivity contribution is 5.71. The molecule has 1 rings (SSSR count). The van der Waals surface area contributed by atoms with E-state index in [1.165, 1.54) is 0 Å². The van der Waals surface area contributed by atoms with Crippen LogP contribution < -0.4 is 0 Å². The first kappa shape index (κ1) is 11.1. The summed E-state index contributed by atoms with van der Waals surface area (Å²) in [5, 5.41) is 9.00. The number of carbonyl (C=O) groups is 1. The van der Waals surface area contributed by atoms with Gasteiger partial charge in [0.15, 0.2) is 0 Å². The number of nitroso groups, excluding NO2 is 1. The van der Waals surface area contributed by atoms with Crippen LogP contribution in [0.25, 0.3) is 0 Å². The molecule has 1 N–H and O–H groups in total. The number of carboxylic acids is 1. The van der Waals surface area contributed by atoms with E-state index < -0.39 is 23.0 Å². The SMILES string of the molecule is CC1(C)CCC(C(=O)O)C(C)(C)[N+]1=O. The molecule has 1 atom stereocenters. The van der Waals surface area contributed by atoms with E-state index in [0.29, 0.717) is 12.8 Å². The van der Waals surface area contributed by atoms with Crippen molar-refractivity contribution in [2.45, 2.75) is 51.6 Å². The minimum absolute atomic E-state index is 0.449. The average molecular weight is 200 g/mol. The molecule has 0 radical (unpaired) electrons. The van der Waals surface area contributed by atoms with Gasteiger partial charge in [0.05, 0.1) is 0 Å². The van der Waals surface area contributed by atoms with Crippen molar-refractivity contribution >= 4 is 5.97 Å². The molecule has 4 nitrogen and oxygen atoms in total. The zero-order valence-corrected chi connectivity index (χ0v) is 9.20. The molecule has 0 aromatic heterocycles. The Morgan fingerprint density at radius 3 is 2.29 bits per heavy atom. The molecule has 80 valence electrons. The van der Waals surface area contributed by atoms with Crippen LogP contribution in [-0.4, -0.2) is 26.9 Å². The summed E-state index contributed by atoms with van der Waals surface area (Å²) in [7, 11) is 0. The molecule has 0 bridgehead atoms. The Balaban J connectivity index is 3.03. The number of aliphatic carboxylic acids is 1. The lowest BCUT2D eigenvalue weighted by molar-refractivity contribution is -0.698. The highest BCUT2D eigenvalue weighted by Crippen LogP contribution is 2.38. The second kappa shape index (κ2) is 3.04. The lowest BCUT2D eigenvalue weighted by atomic mass is 9.74. The van der Waals surface area contributed by atoms with Crippen LogP contribution in [0.15, 0.2) is 0 Å². The molecule has 1 saturated heterocycles. The van der Waals surface area contributed by atoms with Crippen molar-refractivity contribution in [3.8, 4) is 0 Å². The maximum Gasteiger partial charge on any atom is 0.313 e. The standard InChI is InChI=1S/C10H17NO3/c1-9(2)6-5-7(8(12)13)10(3,4)11(9)14/h7H,5-6H2,1-4H3/p+1. The van der Waals surface area contributed by atoms with Crippen molar-refractivity contribution in [3.05, 3.63) is 4.91 Å². The smallest absolute Gasteiger partial charge is 0.313 e. The fraction of sp³-hybridized carbons (Fsp3) is 0.900. The number of hydrogen-bond donors (Lipinski definition) is 1. The zero-order valence-electron chi connectivity index (χ0n) is 9.20. The summed E-state index contributed by atoms with van der Waals surface area (Å²) in [6.45, 7) is 7.14. The van der Waals surface area contributed by atoms with Crippen molar-refractivity contribution in [3.63, 3.8) is 0 Å². The number of carboxylic acid groups (broad SMARTS) is 1. The summed E-state index contributed by atoms with van der Waals surface area (Å²) in [4.78, 5) is 22.9. The van der Waals surface area contributed by atoms with Crippen molar-refractivity contribution in [1.82, 2.24) is 0 Å². The second-order valence-electron chi connectivity index (χ2n) is 5.19. The number of rotatable bonds is 1. The summed E-state index contributed by atoms with van der Waals surface area (Å²) < 4.78 is 0.947. The highest BCUT2D eigenvalue weighted by atomic mass is 16.4. The van der Waals surface area contributed by atoms with E-state index in [9.17, 15) is 9.70 Å². The molecule has 1 fully saturated rings.